The molecule has 0 bridgehead atoms. The van der Waals surface area contributed by atoms with Gasteiger partial charge in [0.25, 0.3) is 0 Å². The van der Waals surface area contributed by atoms with Crippen molar-refractivity contribution < 1.29 is 9.47 Å². The zero-order valence-corrected chi connectivity index (χ0v) is 15.7. The largest absolute Gasteiger partial charge is 0.497 e. The summed E-state index contributed by atoms with van der Waals surface area (Å²) in [5, 5.41) is 0. The summed E-state index contributed by atoms with van der Waals surface area (Å²) in [6, 6.07) is 16.7. The molecule has 1 aliphatic carbocycles. The van der Waals surface area contributed by atoms with Crippen molar-refractivity contribution in [3.05, 3.63) is 77.5 Å². The van der Waals surface area contributed by atoms with Gasteiger partial charge in [-0.2, -0.15) is 0 Å². The van der Waals surface area contributed by atoms with Gasteiger partial charge in [-0.1, -0.05) is 30.3 Å². The van der Waals surface area contributed by atoms with Crippen LogP contribution in [0.2, 0.25) is 0 Å². The molecule has 2 atom stereocenters. The molecule has 2 unspecified atom stereocenters. The summed E-state index contributed by atoms with van der Waals surface area (Å²) >= 11 is 0. The van der Waals surface area contributed by atoms with E-state index in [0.717, 1.165) is 36.3 Å². The zero-order valence-electron chi connectivity index (χ0n) is 15.7. The summed E-state index contributed by atoms with van der Waals surface area (Å²) < 4.78 is 11.9. The molecule has 0 N–H and O–H groups in total. The molecule has 1 aliphatic heterocycles. The summed E-state index contributed by atoms with van der Waals surface area (Å²) in [5.41, 5.74) is 3.74. The van der Waals surface area contributed by atoms with Gasteiger partial charge in [0.2, 0.25) is 0 Å². The van der Waals surface area contributed by atoms with Crippen LogP contribution in [0.1, 0.15) is 30.4 Å². The van der Waals surface area contributed by atoms with Crippen LogP contribution in [0.4, 0.5) is 0 Å². The van der Waals surface area contributed by atoms with Crippen LogP contribution in [-0.4, -0.2) is 19.4 Å². The van der Waals surface area contributed by atoms with Crippen LogP contribution in [-0.2, 0) is 6.42 Å². The van der Waals surface area contributed by atoms with Crippen molar-refractivity contribution in [1.82, 2.24) is 0 Å². The number of hydrogen-bond acceptors (Lipinski definition) is 3. The van der Waals surface area contributed by atoms with E-state index in [9.17, 15) is 0 Å². The Morgan fingerprint density at radius 3 is 2.89 bits per heavy atom. The smallest absolute Gasteiger partial charge is 0.127 e. The highest BCUT2D eigenvalue weighted by molar-refractivity contribution is 5.74. The Labute approximate surface area is 161 Å². The molecule has 138 valence electrons. The number of rotatable bonds is 3. The molecular weight excluding hydrogens is 334 g/mol. The molecule has 2 aromatic rings. The second-order valence-electron chi connectivity index (χ2n) is 7.20. The summed E-state index contributed by atoms with van der Waals surface area (Å²) in [6.45, 7) is 0. The van der Waals surface area contributed by atoms with Gasteiger partial charge >= 0.3 is 0 Å². The molecular formula is C24H25NO2. The standard InChI is InChI=1S/C24H25NO2/c1-26-22-9-10-23-21(17-22)12-14-25-13-11-20-8-7-19(16-24(20)27-23)15-18-5-3-2-4-6-18/h2-6,9-14,17,19,24H,7-8,15-16H2,1H3. The van der Waals surface area contributed by atoms with Gasteiger partial charge in [0.15, 0.2) is 0 Å². The molecule has 0 amide bonds. The Kier molecular flexibility index (Phi) is 5.38. The minimum atomic E-state index is 0.0950. The second-order valence-corrected chi connectivity index (χ2v) is 7.20. The number of hydrogen-bond donors (Lipinski definition) is 0. The first-order valence-corrected chi connectivity index (χ1v) is 9.59. The molecule has 0 aromatic heterocycles. The Bertz CT molecular complexity index is 867. The SMILES string of the molecule is COc1ccc2c(c1)C=CN=CC=C1CCC(Cc3ccccc3)CC1O2. The number of benzene rings is 2. The first kappa shape index (κ1) is 17.6. The first-order chi connectivity index (χ1) is 13.3. The average Bonchev–Trinajstić information content (AvgIpc) is 2.71. The maximum absolute atomic E-state index is 6.51. The second kappa shape index (κ2) is 8.26. The summed E-state index contributed by atoms with van der Waals surface area (Å²) in [7, 11) is 1.68. The van der Waals surface area contributed by atoms with Crippen LogP contribution >= 0.6 is 0 Å². The molecule has 1 saturated carbocycles. The van der Waals surface area contributed by atoms with Gasteiger partial charge in [-0.3, -0.25) is 4.99 Å². The number of nitrogens with zero attached hydrogens (tertiary/aromatic N) is 1. The summed E-state index contributed by atoms with van der Waals surface area (Å²) in [6.07, 6.45) is 12.3. The molecule has 3 heteroatoms. The fourth-order valence-electron chi connectivity index (χ4n) is 3.91. The monoisotopic (exact) mass is 359 g/mol. The lowest BCUT2D eigenvalue weighted by molar-refractivity contribution is 0.170. The molecule has 1 heterocycles. The minimum absolute atomic E-state index is 0.0950. The number of aliphatic imine (C=N–C) groups is 1. The highest BCUT2D eigenvalue weighted by Crippen LogP contribution is 2.35. The molecule has 27 heavy (non-hydrogen) atoms. The lowest BCUT2D eigenvalue weighted by Gasteiger charge is -2.32. The normalized spacial score (nSPS) is 21.4. The Hall–Kier alpha value is -2.81. The summed E-state index contributed by atoms with van der Waals surface area (Å²) in [5.74, 6) is 2.34. The van der Waals surface area contributed by atoms with E-state index in [0.29, 0.717) is 5.92 Å². The molecule has 0 saturated heterocycles. The van der Waals surface area contributed by atoms with Crippen LogP contribution < -0.4 is 9.47 Å². The molecule has 1 fully saturated rings. The third kappa shape index (κ3) is 4.30. The summed E-state index contributed by atoms with van der Waals surface area (Å²) in [4.78, 5) is 4.39. The van der Waals surface area contributed by atoms with Gasteiger partial charge in [0.1, 0.15) is 17.6 Å². The molecule has 4 rings (SSSR count). The number of ether oxygens (including phenoxy) is 2. The number of allylic oxidation sites excluding steroid dienone is 1. The predicted molar refractivity (Wildman–Crippen MR) is 111 cm³/mol. The van der Waals surface area contributed by atoms with E-state index in [-0.39, 0.29) is 6.10 Å². The van der Waals surface area contributed by atoms with Crippen LogP contribution in [0.5, 0.6) is 11.5 Å². The van der Waals surface area contributed by atoms with Crippen molar-refractivity contribution in [2.45, 2.75) is 31.8 Å². The van der Waals surface area contributed by atoms with Gasteiger partial charge in [0, 0.05) is 18.0 Å². The van der Waals surface area contributed by atoms with Gasteiger partial charge in [0.05, 0.1) is 7.11 Å². The Morgan fingerprint density at radius 1 is 1.15 bits per heavy atom. The van der Waals surface area contributed by atoms with Gasteiger partial charge in [-0.25, -0.2) is 0 Å². The highest BCUT2D eigenvalue weighted by atomic mass is 16.5. The average molecular weight is 359 g/mol. The topological polar surface area (TPSA) is 30.8 Å². The lowest BCUT2D eigenvalue weighted by Crippen LogP contribution is -2.29. The minimum Gasteiger partial charge on any atom is -0.497 e. The maximum atomic E-state index is 6.51. The number of fused-ring (bicyclic) bond motifs is 2. The van der Waals surface area contributed by atoms with Crippen LogP contribution in [0.3, 0.4) is 0 Å². The van der Waals surface area contributed by atoms with Crippen molar-refractivity contribution >= 4 is 12.3 Å². The van der Waals surface area contributed by atoms with Crippen LogP contribution in [0.15, 0.2) is 71.4 Å². The van der Waals surface area contributed by atoms with Crippen LogP contribution in [0.25, 0.3) is 6.08 Å². The molecule has 0 spiro atoms. The molecule has 2 aliphatic rings. The molecule has 3 nitrogen and oxygen atoms in total. The zero-order chi connectivity index (χ0) is 18.5. The van der Waals surface area contributed by atoms with Crippen molar-refractivity contribution in [2.75, 3.05) is 7.11 Å². The van der Waals surface area contributed by atoms with E-state index in [2.05, 4.69) is 41.4 Å². The van der Waals surface area contributed by atoms with Crippen molar-refractivity contribution in [2.24, 2.45) is 10.9 Å². The van der Waals surface area contributed by atoms with Gasteiger partial charge in [-0.15, -0.1) is 0 Å². The van der Waals surface area contributed by atoms with E-state index < -0.39 is 0 Å². The van der Waals surface area contributed by atoms with E-state index in [1.807, 2.05) is 30.5 Å². The van der Waals surface area contributed by atoms with Crippen molar-refractivity contribution in [3.63, 3.8) is 0 Å². The quantitative estimate of drug-likeness (QED) is 0.728. The van der Waals surface area contributed by atoms with Crippen molar-refractivity contribution in [1.29, 1.82) is 0 Å². The third-order valence-corrected chi connectivity index (χ3v) is 5.37. The Balaban J connectivity index is 1.58. The van der Waals surface area contributed by atoms with Gasteiger partial charge < -0.3 is 9.47 Å². The fourth-order valence-corrected chi connectivity index (χ4v) is 3.91. The van der Waals surface area contributed by atoms with E-state index >= 15 is 0 Å². The van der Waals surface area contributed by atoms with E-state index in [4.69, 9.17) is 9.47 Å². The van der Waals surface area contributed by atoms with E-state index in [1.54, 1.807) is 13.3 Å². The highest BCUT2D eigenvalue weighted by Gasteiger charge is 2.28. The van der Waals surface area contributed by atoms with Crippen molar-refractivity contribution in [3.8, 4) is 11.5 Å². The van der Waals surface area contributed by atoms with E-state index in [1.165, 1.54) is 17.6 Å². The predicted octanol–water partition coefficient (Wildman–Crippen LogP) is 5.47. The lowest BCUT2D eigenvalue weighted by atomic mass is 9.80. The maximum Gasteiger partial charge on any atom is 0.127 e. The van der Waals surface area contributed by atoms with Gasteiger partial charge in [-0.05, 0) is 73.1 Å². The fraction of sp³-hybridized carbons (Fsp3) is 0.292. The number of methoxy groups -OCH3 is 1. The molecule has 0 radical (unpaired) electrons. The van der Waals surface area contributed by atoms with Crippen LogP contribution in [0, 0.1) is 5.92 Å². The first-order valence-electron chi connectivity index (χ1n) is 9.59. The third-order valence-electron chi connectivity index (χ3n) is 5.37. The Morgan fingerprint density at radius 2 is 2.04 bits per heavy atom. The molecule has 2 aromatic carbocycles.